The quantitative estimate of drug-likeness (QED) is 0.773. The van der Waals surface area contributed by atoms with E-state index in [1.165, 1.54) is 0 Å². The summed E-state index contributed by atoms with van der Waals surface area (Å²) >= 11 is 0. The second kappa shape index (κ2) is 8.15. The van der Waals surface area contributed by atoms with Gasteiger partial charge in [-0.05, 0) is 24.3 Å². The standard InChI is InChI=1S/C14H16O4/c1-17-13-6-8-14(9-7-13)18-10-4-2-3-5-12(16)11-15/h6-9,15H,3,5,10-11H2,1H3. The van der Waals surface area contributed by atoms with Crippen molar-refractivity contribution in [2.75, 3.05) is 20.3 Å². The van der Waals surface area contributed by atoms with Gasteiger partial charge in [-0.3, -0.25) is 4.79 Å². The molecular formula is C14H16O4. The lowest BCUT2D eigenvalue weighted by atomic mass is 10.2. The van der Waals surface area contributed by atoms with Crippen LogP contribution in [-0.2, 0) is 4.79 Å². The SMILES string of the molecule is COc1ccc(OCC#CCCC(=O)CO)cc1. The number of ether oxygens (including phenoxy) is 2. The average molecular weight is 248 g/mol. The number of carbonyl (C=O) groups is 1. The van der Waals surface area contributed by atoms with Crippen molar-refractivity contribution < 1.29 is 19.4 Å². The van der Waals surface area contributed by atoms with Crippen molar-refractivity contribution in [2.45, 2.75) is 12.8 Å². The molecule has 0 unspecified atom stereocenters. The summed E-state index contributed by atoms with van der Waals surface area (Å²) in [7, 11) is 1.61. The minimum atomic E-state index is -0.413. The molecule has 0 aliphatic carbocycles. The monoisotopic (exact) mass is 248 g/mol. The zero-order valence-corrected chi connectivity index (χ0v) is 10.3. The van der Waals surface area contributed by atoms with Crippen molar-refractivity contribution in [3.8, 4) is 23.3 Å². The van der Waals surface area contributed by atoms with Crippen molar-refractivity contribution in [1.82, 2.24) is 0 Å². The van der Waals surface area contributed by atoms with E-state index in [0.29, 0.717) is 6.42 Å². The number of hydrogen-bond acceptors (Lipinski definition) is 4. The van der Waals surface area contributed by atoms with Crippen LogP contribution in [-0.4, -0.2) is 31.2 Å². The number of Topliss-reactive ketones (excluding diaryl/α,β-unsaturated/α-hetero) is 1. The van der Waals surface area contributed by atoms with Crippen LogP contribution in [0.5, 0.6) is 11.5 Å². The van der Waals surface area contributed by atoms with Gasteiger partial charge in [0.05, 0.1) is 7.11 Å². The van der Waals surface area contributed by atoms with Gasteiger partial charge in [-0.15, -0.1) is 0 Å². The summed E-state index contributed by atoms with van der Waals surface area (Å²) in [5.74, 6) is 6.92. The molecule has 18 heavy (non-hydrogen) atoms. The Kier molecular flexibility index (Phi) is 6.37. The van der Waals surface area contributed by atoms with Gasteiger partial charge in [-0.2, -0.15) is 0 Å². The first kappa shape index (κ1) is 14.1. The maximum Gasteiger partial charge on any atom is 0.159 e. The Morgan fingerprint density at radius 3 is 2.50 bits per heavy atom. The minimum Gasteiger partial charge on any atom is -0.497 e. The van der Waals surface area contributed by atoms with Gasteiger partial charge >= 0.3 is 0 Å². The van der Waals surface area contributed by atoms with E-state index in [1.54, 1.807) is 19.2 Å². The molecular weight excluding hydrogens is 232 g/mol. The van der Waals surface area contributed by atoms with E-state index in [0.717, 1.165) is 11.5 Å². The van der Waals surface area contributed by atoms with Crippen LogP contribution in [0, 0.1) is 11.8 Å². The van der Waals surface area contributed by atoms with Crippen LogP contribution in [0.3, 0.4) is 0 Å². The molecule has 0 atom stereocenters. The lowest BCUT2D eigenvalue weighted by Gasteiger charge is -2.03. The summed E-state index contributed by atoms with van der Waals surface area (Å²) < 4.78 is 10.4. The maximum absolute atomic E-state index is 10.8. The van der Waals surface area contributed by atoms with E-state index in [-0.39, 0.29) is 18.8 Å². The minimum absolute atomic E-state index is 0.194. The second-order valence-corrected chi connectivity index (χ2v) is 3.51. The first-order valence-electron chi connectivity index (χ1n) is 5.61. The summed E-state index contributed by atoms with van der Waals surface area (Å²) in [5.41, 5.74) is 0. The number of carbonyl (C=O) groups excluding carboxylic acids is 1. The summed E-state index contributed by atoms with van der Waals surface area (Å²) in [6.07, 6.45) is 0.734. The molecule has 0 spiro atoms. The Hall–Kier alpha value is -1.99. The number of hydrogen-bond donors (Lipinski definition) is 1. The highest BCUT2D eigenvalue weighted by Crippen LogP contribution is 2.16. The zero-order chi connectivity index (χ0) is 13.2. The van der Waals surface area contributed by atoms with E-state index >= 15 is 0 Å². The van der Waals surface area contributed by atoms with Gasteiger partial charge < -0.3 is 14.6 Å². The predicted molar refractivity (Wildman–Crippen MR) is 67.6 cm³/mol. The van der Waals surface area contributed by atoms with Crippen molar-refractivity contribution in [2.24, 2.45) is 0 Å². The van der Waals surface area contributed by atoms with Crippen LogP contribution in [0.4, 0.5) is 0 Å². The number of methoxy groups -OCH3 is 1. The Balaban J connectivity index is 2.24. The highest BCUT2D eigenvalue weighted by Gasteiger charge is 1.95. The summed E-state index contributed by atoms with van der Waals surface area (Å²) in [6.45, 7) is -0.135. The normalized spacial score (nSPS) is 9.22. The van der Waals surface area contributed by atoms with Crippen molar-refractivity contribution >= 4 is 5.78 Å². The molecule has 0 bridgehead atoms. The molecule has 0 radical (unpaired) electrons. The Morgan fingerprint density at radius 1 is 1.22 bits per heavy atom. The fourth-order valence-electron chi connectivity index (χ4n) is 1.21. The molecule has 1 aromatic carbocycles. The van der Waals surface area contributed by atoms with Crippen molar-refractivity contribution in [3.05, 3.63) is 24.3 Å². The molecule has 96 valence electrons. The van der Waals surface area contributed by atoms with E-state index in [4.69, 9.17) is 14.6 Å². The van der Waals surface area contributed by atoms with Crippen LogP contribution in [0.15, 0.2) is 24.3 Å². The van der Waals surface area contributed by atoms with Gasteiger partial charge in [0.25, 0.3) is 0 Å². The largest absolute Gasteiger partial charge is 0.497 e. The lowest BCUT2D eigenvalue weighted by Crippen LogP contribution is -2.02. The van der Waals surface area contributed by atoms with Crippen molar-refractivity contribution in [3.63, 3.8) is 0 Å². The van der Waals surface area contributed by atoms with Crippen molar-refractivity contribution in [1.29, 1.82) is 0 Å². The smallest absolute Gasteiger partial charge is 0.159 e. The van der Waals surface area contributed by atoms with E-state index in [9.17, 15) is 4.79 Å². The van der Waals surface area contributed by atoms with Gasteiger partial charge in [0.2, 0.25) is 0 Å². The number of benzene rings is 1. The highest BCUT2D eigenvalue weighted by atomic mass is 16.5. The van der Waals surface area contributed by atoms with Gasteiger partial charge in [-0.1, -0.05) is 11.8 Å². The summed E-state index contributed by atoms with van der Waals surface area (Å²) in [5, 5.41) is 8.50. The number of rotatable bonds is 6. The molecule has 0 aliphatic heterocycles. The van der Waals surface area contributed by atoms with Crippen LogP contribution in [0.1, 0.15) is 12.8 Å². The molecule has 0 amide bonds. The third-order valence-electron chi connectivity index (χ3n) is 2.20. The van der Waals surface area contributed by atoms with E-state index in [2.05, 4.69) is 11.8 Å². The number of aliphatic hydroxyl groups excluding tert-OH is 1. The number of aliphatic hydroxyl groups is 1. The fourth-order valence-corrected chi connectivity index (χ4v) is 1.21. The molecule has 0 fully saturated rings. The molecule has 4 nitrogen and oxygen atoms in total. The van der Waals surface area contributed by atoms with Gasteiger partial charge in [0.15, 0.2) is 5.78 Å². The zero-order valence-electron chi connectivity index (χ0n) is 10.3. The average Bonchev–Trinajstić information content (AvgIpc) is 2.43. The number of ketones is 1. The first-order chi connectivity index (χ1) is 8.76. The molecule has 0 aromatic heterocycles. The predicted octanol–water partition coefficient (Wildman–Crippen LogP) is 1.42. The van der Waals surface area contributed by atoms with Gasteiger partial charge in [0, 0.05) is 12.8 Å². The van der Waals surface area contributed by atoms with Gasteiger partial charge in [0.1, 0.15) is 24.7 Å². The second-order valence-electron chi connectivity index (χ2n) is 3.51. The summed E-state index contributed by atoms with van der Waals surface area (Å²) in [4.78, 5) is 10.8. The third-order valence-corrected chi connectivity index (χ3v) is 2.20. The third kappa shape index (κ3) is 5.37. The molecule has 0 heterocycles. The maximum atomic E-state index is 10.8. The topological polar surface area (TPSA) is 55.8 Å². The molecule has 0 aliphatic rings. The Labute approximate surface area is 107 Å². The van der Waals surface area contributed by atoms with Crippen LogP contribution < -0.4 is 9.47 Å². The van der Waals surface area contributed by atoms with Crippen LogP contribution in [0.25, 0.3) is 0 Å². The summed E-state index contributed by atoms with van der Waals surface area (Å²) in [6, 6.07) is 7.22. The Bertz CT molecular complexity index is 425. The van der Waals surface area contributed by atoms with Crippen LogP contribution >= 0.6 is 0 Å². The fraction of sp³-hybridized carbons (Fsp3) is 0.357. The molecule has 1 N–H and O–H groups in total. The highest BCUT2D eigenvalue weighted by molar-refractivity contribution is 5.79. The molecule has 4 heteroatoms. The van der Waals surface area contributed by atoms with Gasteiger partial charge in [-0.25, -0.2) is 0 Å². The molecule has 1 rings (SSSR count). The lowest BCUT2D eigenvalue weighted by molar-refractivity contribution is -0.121. The van der Waals surface area contributed by atoms with E-state index < -0.39 is 6.61 Å². The molecule has 0 saturated carbocycles. The Morgan fingerprint density at radius 2 is 1.89 bits per heavy atom. The molecule has 1 aromatic rings. The molecule has 0 saturated heterocycles. The van der Waals surface area contributed by atoms with Crippen LogP contribution in [0.2, 0.25) is 0 Å². The van der Waals surface area contributed by atoms with E-state index in [1.807, 2.05) is 12.1 Å². The first-order valence-corrected chi connectivity index (χ1v) is 5.61.